The molecule has 3 aromatic rings. The van der Waals surface area contributed by atoms with Crippen LogP contribution in [0.1, 0.15) is 22.5 Å². The van der Waals surface area contributed by atoms with Gasteiger partial charge in [-0.2, -0.15) is 0 Å². The van der Waals surface area contributed by atoms with E-state index >= 15 is 0 Å². The van der Waals surface area contributed by atoms with Crippen LogP contribution in [0.5, 0.6) is 0 Å². The number of nitrogens with one attached hydrogen (secondary N) is 1. The second-order valence-corrected chi connectivity index (χ2v) is 9.04. The van der Waals surface area contributed by atoms with Crippen molar-refractivity contribution < 1.29 is 23.7 Å². The first-order chi connectivity index (χ1) is 16.6. The largest absolute Gasteiger partial charge is 0.456 e. The van der Waals surface area contributed by atoms with Crippen LogP contribution in [0.4, 0.5) is 16.2 Å². The van der Waals surface area contributed by atoms with Gasteiger partial charge in [-0.25, -0.2) is 0 Å². The third-order valence-corrected chi connectivity index (χ3v) is 6.48. The van der Waals surface area contributed by atoms with Crippen molar-refractivity contribution in [3.63, 3.8) is 0 Å². The average Bonchev–Trinajstić information content (AvgIpc) is 3.37. The van der Waals surface area contributed by atoms with Gasteiger partial charge in [0.2, 0.25) is 5.91 Å². The first kappa shape index (κ1) is 24.0. The fraction of sp³-hybridized carbons (Fsp3) is 0.160. The Labute approximate surface area is 204 Å². The molecule has 0 bridgehead atoms. The summed E-state index contributed by atoms with van der Waals surface area (Å²) in [6.45, 7) is 5.12. The van der Waals surface area contributed by atoms with Gasteiger partial charge < -0.3 is 9.73 Å². The maximum Gasteiger partial charge on any atom is 0.294 e. The summed E-state index contributed by atoms with van der Waals surface area (Å²) in [5.41, 5.74) is 3.47. The van der Waals surface area contributed by atoms with E-state index < -0.39 is 28.5 Å². The van der Waals surface area contributed by atoms with E-state index in [-0.39, 0.29) is 22.1 Å². The quantitative estimate of drug-likeness (QED) is 0.276. The van der Waals surface area contributed by atoms with Crippen LogP contribution in [-0.4, -0.2) is 33.4 Å². The van der Waals surface area contributed by atoms with E-state index in [0.29, 0.717) is 23.0 Å². The fourth-order valence-corrected chi connectivity index (χ4v) is 4.38. The third-order valence-electron chi connectivity index (χ3n) is 5.57. The van der Waals surface area contributed by atoms with Crippen LogP contribution in [0.25, 0.3) is 17.4 Å². The van der Waals surface area contributed by atoms with E-state index in [9.17, 15) is 24.5 Å². The summed E-state index contributed by atoms with van der Waals surface area (Å²) in [5.74, 6) is -0.597. The monoisotopic (exact) mass is 491 g/mol. The Balaban J connectivity index is 1.50. The predicted molar refractivity (Wildman–Crippen MR) is 133 cm³/mol. The van der Waals surface area contributed by atoms with Crippen molar-refractivity contribution in [2.75, 3.05) is 11.9 Å². The van der Waals surface area contributed by atoms with Crippen molar-refractivity contribution in [2.24, 2.45) is 0 Å². The van der Waals surface area contributed by atoms with Gasteiger partial charge in [-0.05, 0) is 73.5 Å². The number of thioether (sulfide) groups is 1. The summed E-state index contributed by atoms with van der Waals surface area (Å²) in [5, 5.41) is 13.6. The van der Waals surface area contributed by atoms with Crippen molar-refractivity contribution in [3.05, 3.63) is 86.0 Å². The predicted octanol–water partition coefficient (Wildman–Crippen LogP) is 5.46. The average molecular weight is 492 g/mol. The van der Waals surface area contributed by atoms with Crippen LogP contribution < -0.4 is 5.32 Å². The number of carbonyl (C=O) groups is 3. The molecule has 35 heavy (non-hydrogen) atoms. The Morgan fingerprint density at radius 1 is 1.14 bits per heavy atom. The van der Waals surface area contributed by atoms with Crippen LogP contribution in [-0.2, 0) is 9.59 Å². The van der Waals surface area contributed by atoms with Gasteiger partial charge >= 0.3 is 0 Å². The van der Waals surface area contributed by atoms with Gasteiger partial charge in [0.05, 0.1) is 15.4 Å². The molecule has 0 saturated carbocycles. The molecule has 1 aromatic heterocycles. The molecule has 1 aliphatic rings. The van der Waals surface area contributed by atoms with Crippen molar-refractivity contribution >= 4 is 46.3 Å². The minimum absolute atomic E-state index is 0.0915. The summed E-state index contributed by atoms with van der Waals surface area (Å²) >= 11 is 0.696. The zero-order chi connectivity index (χ0) is 25.3. The molecule has 178 valence electrons. The van der Waals surface area contributed by atoms with Crippen LogP contribution in [0.2, 0.25) is 0 Å². The van der Waals surface area contributed by atoms with Gasteiger partial charge in [-0.1, -0.05) is 18.2 Å². The van der Waals surface area contributed by atoms with Crippen LogP contribution in [0, 0.1) is 30.9 Å². The molecule has 1 fully saturated rings. The van der Waals surface area contributed by atoms with Gasteiger partial charge in [0.15, 0.2) is 0 Å². The highest BCUT2D eigenvalue weighted by Gasteiger charge is 2.36. The lowest BCUT2D eigenvalue weighted by Gasteiger charge is -2.14. The van der Waals surface area contributed by atoms with Gasteiger partial charge in [0.25, 0.3) is 16.8 Å². The number of hydrogen-bond donors (Lipinski definition) is 1. The van der Waals surface area contributed by atoms with Crippen molar-refractivity contribution in [3.8, 4) is 11.3 Å². The van der Waals surface area contributed by atoms with E-state index in [0.717, 1.165) is 21.6 Å². The van der Waals surface area contributed by atoms with Crippen LogP contribution in [0.15, 0.2) is 57.9 Å². The molecule has 1 saturated heterocycles. The molecular weight excluding hydrogens is 470 g/mol. The molecule has 1 aliphatic heterocycles. The molecule has 0 atom stereocenters. The lowest BCUT2D eigenvalue weighted by molar-refractivity contribution is -0.384. The number of anilines is 1. The molecule has 2 aromatic carbocycles. The van der Waals surface area contributed by atoms with Gasteiger partial charge in [0, 0.05) is 17.8 Å². The number of amides is 3. The number of carbonyl (C=O) groups excluding carboxylic acids is 3. The Kier molecular flexibility index (Phi) is 6.57. The maximum absolute atomic E-state index is 12.8. The number of aryl methyl sites for hydroxylation is 2. The normalized spacial score (nSPS) is 14.6. The highest BCUT2D eigenvalue weighted by molar-refractivity contribution is 8.18. The number of nitrogens with zero attached hydrogens (tertiary/aromatic N) is 2. The molecular formula is C25H21N3O6S. The molecule has 4 rings (SSSR count). The maximum atomic E-state index is 12.8. The highest BCUT2D eigenvalue weighted by atomic mass is 32.2. The number of rotatable bonds is 6. The first-order valence-electron chi connectivity index (χ1n) is 10.6. The lowest BCUT2D eigenvalue weighted by atomic mass is 10.1. The Hall–Kier alpha value is -4.18. The smallest absolute Gasteiger partial charge is 0.294 e. The summed E-state index contributed by atoms with van der Waals surface area (Å²) < 4.78 is 5.71. The molecule has 0 radical (unpaired) electrons. The second kappa shape index (κ2) is 9.59. The molecule has 2 heterocycles. The lowest BCUT2D eigenvalue weighted by Crippen LogP contribution is -2.36. The standard InChI is InChI=1S/C25H21N3O6S/c1-14-7-9-18(20(11-14)28(32)33)21-10-8-17(34-21)12-22-24(30)27(25(31)35-22)13-23(29)26-19-6-4-5-15(2)16(19)3/h4-12H,13H2,1-3H3,(H,26,29)/b22-12+. The molecule has 0 spiro atoms. The number of benzene rings is 2. The molecule has 0 unspecified atom stereocenters. The number of hydrogen-bond acceptors (Lipinski definition) is 7. The van der Waals surface area contributed by atoms with E-state index in [1.807, 2.05) is 26.0 Å². The van der Waals surface area contributed by atoms with Crippen LogP contribution in [0.3, 0.4) is 0 Å². The van der Waals surface area contributed by atoms with Crippen LogP contribution >= 0.6 is 11.8 Å². The summed E-state index contributed by atoms with van der Waals surface area (Å²) in [6, 6.07) is 13.4. The topological polar surface area (TPSA) is 123 Å². The summed E-state index contributed by atoms with van der Waals surface area (Å²) in [6.07, 6.45) is 1.39. The Morgan fingerprint density at radius 2 is 1.91 bits per heavy atom. The SMILES string of the molecule is Cc1ccc(-c2ccc(/C=C3/SC(=O)N(CC(=O)Nc4cccc(C)c4C)C3=O)o2)c([N+](=O)[O-])c1. The van der Waals surface area contributed by atoms with Crippen molar-refractivity contribution in [2.45, 2.75) is 20.8 Å². The summed E-state index contributed by atoms with van der Waals surface area (Å²) in [4.78, 5) is 49.6. The molecule has 0 aliphatic carbocycles. The number of furan rings is 1. The first-order valence-corrected chi connectivity index (χ1v) is 11.4. The summed E-state index contributed by atoms with van der Waals surface area (Å²) in [7, 11) is 0. The number of imide groups is 1. The van der Waals surface area contributed by atoms with E-state index in [1.165, 1.54) is 12.1 Å². The Morgan fingerprint density at radius 3 is 2.66 bits per heavy atom. The third kappa shape index (κ3) is 5.02. The zero-order valence-corrected chi connectivity index (χ0v) is 20.0. The fourth-order valence-electron chi connectivity index (χ4n) is 3.56. The minimum atomic E-state index is -0.615. The number of nitro groups is 1. The minimum Gasteiger partial charge on any atom is -0.456 e. The van der Waals surface area contributed by atoms with E-state index in [1.54, 1.807) is 37.3 Å². The highest BCUT2D eigenvalue weighted by Crippen LogP contribution is 2.35. The van der Waals surface area contributed by atoms with Crippen molar-refractivity contribution in [1.82, 2.24) is 4.90 Å². The van der Waals surface area contributed by atoms with E-state index in [4.69, 9.17) is 4.42 Å². The van der Waals surface area contributed by atoms with Crippen molar-refractivity contribution in [1.29, 1.82) is 0 Å². The Bertz CT molecular complexity index is 1410. The van der Waals surface area contributed by atoms with Gasteiger partial charge in [-0.3, -0.25) is 29.4 Å². The van der Waals surface area contributed by atoms with E-state index in [2.05, 4.69) is 5.32 Å². The molecule has 1 N–H and O–H groups in total. The van der Waals surface area contributed by atoms with Gasteiger partial charge in [-0.15, -0.1) is 0 Å². The molecule has 10 heteroatoms. The van der Waals surface area contributed by atoms with Gasteiger partial charge in [0.1, 0.15) is 18.1 Å². The zero-order valence-electron chi connectivity index (χ0n) is 19.2. The number of nitro benzene ring substituents is 1. The second-order valence-electron chi connectivity index (χ2n) is 8.04. The molecule has 9 nitrogen and oxygen atoms in total. The molecule has 3 amide bonds.